The predicted molar refractivity (Wildman–Crippen MR) is 163 cm³/mol. The van der Waals surface area contributed by atoms with Crippen LogP contribution in [0.5, 0.6) is 0 Å². The molecule has 180 valence electrons. The molecule has 0 spiro atoms. The van der Waals surface area contributed by atoms with Gasteiger partial charge in [-0.2, -0.15) is 0 Å². The maximum Gasteiger partial charge on any atom is 0.252 e. The van der Waals surface area contributed by atoms with Gasteiger partial charge in [-0.3, -0.25) is 0 Å². The number of fused-ring (bicyclic) bond motifs is 10. The Morgan fingerprint density at radius 1 is 0.526 bits per heavy atom. The molecular weight excluding hydrogens is 459 g/mol. The van der Waals surface area contributed by atoms with Crippen molar-refractivity contribution in [3.63, 3.8) is 0 Å². The van der Waals surface area contributed by atoms with Crippen molar-refractivity contribution in [2.75, 3.05) is 0 Å². The summed E-state index contributed by atoms with van der Waals surface area (Å²) in [5, 5.41) is 4.65. The number of aryl methyl sites for hydroxylation is 5. The summed E-state index contributed by atoms with van der Waals surface area (Å²) in [7, 11) is 0. The molecule has 2 aromatic heterocycles. The molecule has 0 amide bonds. The second-order valence-electron chi connectivity index (χ2n) is 11.6. The SMILES string of the molecule is [2H]C([2H])([2H])c1cc2c3c(c1)c1cc(C)ccc1n3-c1cc(C)cc3c1B2c1cc(C)cc2c4cc(C)ccc4n-3c12. The Bertz CT molecular complexity index is 2350. The van der Waals surface area contributed by atoms with Gasteiger partial charge in [0.2, 0.25) is 0 Å². The zero-order chi connectivity index (χ0) is 28.1. The molecule has 0 atom stereocenters. The minimum absolute atomic E-state index is 0.0661. The van der Waals surface area contributed by atoms with E-state index in [1.165, 1.54) is 66.4 Å². The van der Waals surface area contributed by atoms with Gasteiger partial charge >= 0.3 is 0 Å². The summed E-state index contributed by atoms with van der Waals surface area (Å²) in [6.07, 6.45) is 0. The van der Waals surface area contributed by atoms with E-state index in [-0.39, 0.29) is 6.71 Å². The van der Waals surface area contributed by atoms with Crippen LogP contribution in [0.25, 0.3) is 55.0 Å². The highest BCUT2D eigenvalue weighted by Crippen LogP contribution is 2.40. The third-order valence-corrected chi connectivity index (χ3v) is 8.91. The quantitative estimate of drug-likeness (QED) is 0.213. The largest absolute Gasteiger partial charge is 0.310 e. The summed E-state index contributed by atoms with van der Waals surface area (Å²) < 4.78 is 30.2. The summed E-state index contributed by atoms with van der Waals surface area (Å²) in [6, 6.07) is 26.5. The minimum atomic E-state index is -2.21. The summed E-state index contributed by atoms with van der Waals surface area (Å²) in [4.78, 5) is 0. The molecule has 0 bridgehead atoms. The Kier molecular flexibility index (Phi) is 3.14. The molecule has 7 aromatic rings. The van der Waals surface area contributed by atoms with E-state index < -0.39 is 6.85 Å². The lowest BCUT2D eigenvalue weighted by atomic mass is 9.34. The lowest BCUT2D eigenvalue weighted by Crippen LogP contribution is -2.59. The minimum Gasteiger partial charge on any atom is -0.310 e. The third kappa shape index (κ3) is 2.32. The summed E-state index contributed by atoms with van der Waals surface area (Å²) >= 11 is 0. The van der Waals surface area contributed by atoms with Gasteiger partial charge in [0.1, 0.15) is 0 Å². The number of aromatic nitrogens is 2. The molecule has 0 saturated carbocycles. The second kappa shape index (κ2) is 6.60. The summed E-state index contributed by atoms with van der Waals surface area (Å²) in [6.45, 7) is 6.35. The van der Waals surface area contributed by atoms with E-state index in [1.807, 2.05) is 12.1 Å². The number of benzene rings is 5. The van der Waals surface area contributed by atoms with Crippen molar-refractivity contribution < 1.29 is 4.11 Å². The van der Waals surface area contributed by atoms with Gasteiger partial charge in [0, 0.05) is 48.1 Å². The highest BCUT2D eigenvalue weighted by Gasteiger charge is 2.41. The first-order valence-corrected chi connectivity index (χ1v) is 13.4. The molecule has 2 nitrogen and oxygen atoms in total. The van der Waals surface area contributed by atoms with Crippen molar-refractivity contribution in [2.24, 2.45) is 0 Å². The van der Waals surface area contributed by atoms with Crippen molar-refractivity contribution >= 4 is 66.7 Å². The molecule has 0 aliphatic carbocycles. The van der Waals surface area contributed by atoms with Crippen LogP contribution in [-0.4, -0.2) is 15.8 Å². The van der Waals surface area contributed by atoms with Gasteiger partial charge in [-0.25, -0.2) is 0 Å². The molecule has 3 heteroatoms. The Balaban J connectivity index is 1.57. The molecule has 4 heterocycles. The Morgan fingerprint density at radius 2 is 1.00 bits per heavy atom. The lowest BCUT2D eigenvalue weighted by molar-refractivity contribution is 1.13. The Hall–Kier alpha value is -4.24. The molecule has 0 radical (unpaired) electrons. The molecule has 0 fully saturated rings. The van der Waals surface area contributed by atoms with E-state index in [4.69, 9.17) is 4.11 Å². The molecule has 5 aromatic carbocycles. The number of rotatable bonds is 0. The molecular formula is C35H27BN2. The molecule has 38 heavy (non-hydrogen) atoms. The van der Waals surface area contributed by atoms with Gasteiger partial charge < -0.3 is 9.13 Å². The van der Waals surface area contributed by atoms with Gasteiger partial charge in [0.05, 0.1) is 11.0 Å². The second-order valence-corrected chi connectivity index (χ2v) is 11.6. The van der Waals surface area contributed by atoms with Crippen LogP contribution in [0.15, 0.2) is 72.8 Å². The van der Waals surface area contributed by atoms with Crippen LogP contribution in [0.1, 0.15) is 31.9 Å². The Morgan fingerprint density at radius 3 is 1.55 bits per heavy atom. The predicted octanol–water partition coefficient (Wildman–Crippen LogP) is 6.57. The highest BCUT2D eigenvalue weighted by atomic mass is 15.0. The van der Waals surface area contributed by atoms with Crippen molar-refractivity contribution in [3.8, 4) is 11.4 Å². The topological polar surface area (TPSA) is 9.86 Å². The van der Waals surface area contributed by atoms with Crippen LogP contribution in [0.3, 0.4) is 0 Å². The van der Waals surface area contributed by atoms with Crippen LogP contribution in [0.2, 0.25) is 0 Å². The van der Waals surface area contributed by atoms with Crippen LogP contribution < -0.4 is 16.4 Å². The van der Waals surface area contributed by atoms with E-state index in [2.05, 4.69) is 97.5 Å². The molecule has 2 aliphatic rings. The fourth-order valence-corrected chi connectivity index (χ4v) is 7.58. The molecule has 0 saturated heterocycles. The monoisotopic (exact) mass is 489 g/mol. The standard InChI is InChI=1S/C35H27BN2/c1-18-6-8-29-23(10-18)25-12-20(3)14-27-34(25)37(29)31-16-22(5)17-32-33(31)36(27)28-15-21(4)13-26-24-11-19(2)7-9-30(24)38(32)35(26)28/h6-17H,1-5H3/i3D3. The normalized spacial score (nSPS) is 14.8. The zero-order valence-corrected chi connectivity index (χ0v) is 21.9. The van der Waals surface area contributed by atoms with E-state index in [1.54, 1.807) is 0 Å². The number of nitrogens with zero attached hydrogens (tertiary/aromatic N) is 2. The molecule has 9 rings (SSSR count). The fraction of sp³-hybridized carbons (Fsp3) is 0.143. The average Bonchev–Trinajstić information content (AvgIpc) is 3.41. The third-order valence-electron chi connectivity index (χ3n) is 8.91. The first kappa shape index (κ1) is 18.1. The van der Waals surface area contributed by atoms with Gasteiger partial charge in [-0.1, -0.05) is 46.5 Å². The fourth-order valence-electron chi connectivity index (χ4n) is 7.58. The van der Waals surface area contributed by atoms with E-state index in [0.717, 1.165) is 27.3 Å². The highest BCUT2D eigenvalue weighted by molar-refractivity contribution is 7.00. The summed E-state index contributed by atoms with van der Waals surface area (Å²) in [5.41, 5.74) is 15.9. The van der Waals surface area contributed by atoms with E-state index in [0.29, 0.717) is 5.56 Å². The zero-order valence-electron chi connectivity index (χ0n) is 24.9. The van der Waals surface area contributed by atoms with E-state index >= 15 is 0 Å². The van der Waals surface area contributed by atoms with Gasteiger partial charge in [0.25, 0.3) is 6.71 Å². The van der Waals surface area contributed by atoms with Crippen molar-refractivity contribution in [1.82, 2.24) is 9.13 Å². The van der Waals surface area contributed by atoms with Crippen LogP contribution in [-0.2, 0) is 0 Å². The molecule has 0 unspecified atom stereocenters. The van der Waals surface area contributed by atoms with Crippen LogP contribution >= 0.6 is 0 Å². The first-order valence-electron chi connectivity index (χ1n) is 14.9. The van der Waals surface area contributed by atoms with Crippen molar-refractivity contribution in [2.45, 2.75) is 34.5 Å². The molecule has 0 N–H and O–H groups in total. The van der Waals surface area contributed by atoms with Crippen LogP contribution in [0.4, 0.5) is 0 Å². The van der Waals surface area contributed by atoms with Crippen molar-refractivity contribution in [3.05, 3.63) is 101 Å². The maximum atomic E-state index is 8.43. The van der Waals surface area contributed by atoms with Gasteiger partial charge in [0.15, 0.2) is 0 Å². The summed E-state index contributed by atoms with van der Waals surface area (Å²) in [5.74, 6) is 0. The lowest BCUT2D eigenvalue weighted by Gasteiger charge is -2.34. The first-order chi connectivity index (χ1) is 19.6. The van der Waals surface area contributed by atoms with Crippen molar-refractivity contribution in [1.29, 1.82) is 0 Å². The maximum absolute atomic E-state index is 8.43. The molecule has 2 aliphatic heterocycles. The van der Waals surface area contributed by atoms with Gasteiger partial charge in [-0.15, -0.1) is 0 Å². The van der Waals surface area contributed by atoms with E-state index in [9.17, 15) is 0 Å². The van der Waals surface area contributed by atoms with Gasteiger partial charge in [-0.05, 0) is 105 Å². The average molecular weight is 489 g/mol. The smallest absolute Gasteiger partial charge is 0.252 e. The number of hydrogen-bond acceptors (Lipinski definition) is 0. The Labute approximate surface area is 226 Å². The van der Waals surface area contributed by atoms with Crippen LogP contribution in [0, 0.1) is 34.5 Å². The number of hydrogen-bond donors (Lipinski definition) is 0.